The van der Waals surface area contributed by atoms with E-state index >= 15 is 0 Å². The highest BCUT2D eigenvalue weighted by Gasteiger charge is 2.24. The molecule has 2 aliphatic heterocycles. The van der Waals surface area contributed by atoms with Crippen molar-refractivity contribution in [1.82, 2.24) is 15.5 Å². The molecule has 2 heterocycles. The van der Waals surface area contributed by atoms with Crippen LogP contribution in [0.5, 0.6) is 0 Å². The number of primary amides is 1. The quantitative estimate of drug-likeness (QED) is 0.697. The molecule has 6 heteroatoms. The van der Waals surface area contributed by atoms with Gasteiger partial charge in [0.15, 0.2) is 0 Å². The van der Waals surface area contributed by atoms with Crippen LogP contribution in [0.1, 0.15) is 38.5 Å². The number of nitrogens with two attached hydrogens (primary N) is 1. The molecule has 4 N–H and O–H groups in total. The highest BCUT2D eigenvalue weighted by molar-refractivity contribution is 5.76. The number of hydrogen-bond donors (Lipinski definition) is 3. The molecule has 0 aromatic heterocycles. The van der Waals surface area contributed by atoms with Gasteiger partial charge in [0.2, 0.25) is 5.91 Å². The predicted molar refractivity (Wildman–Crippen MR) is 81.7 cm³/mol. The van der Waals surface area contributed by atoms with Crippen molar-refractivity contribution in [2.45, 2.75) is 38.5 Å². The van der Waals surface area contributed by atoms with Crippen LogP contribution in [0.15, 0.2) is 0 Å². The smallest absolute Gasteiger partial charge is 0.312 e. The van der Waals surface area contributed by atoms with Crippen molar-refractivity contribution in [3.8, 4) is 0 Å². The first kappa shape index (κ1) is 16.1. The van der Waals surface area contributed by atoms with Gasteiger partial charge >= 0.3 is 6.03 Å². The van der Waals surface area contributed by atoms with Gasteiger partial charge in [0, 0.05) is 26.1 Å². The molecule has 0 spiro atoms. The molecule has 0 radical (unpaired) electrons. The minimum Gasteiger partial charge on any atom is -0.352 e. The number of piperidine rings is 2. The Morgan fingerprint density at radius 3 is 2.76 bits per heavy atom. The number of urea groups is 1. The number of rotatable bonds is 5. The summed E-state index contributed by atoms with van der Waals surface area (Å²) < 4.78 is 0. The van der Waals surface area contributed by atoms with E-state index in [0.29, 0.717) is 24.8 Å². The average Bonchev–Trinajstić information content (AvgIpc) is 2.52. The van der Waals surface area contributed by atoms with E-state index < -0.39 is 6.03 Å². The van der Waals surface area contributed by atoms with Crippen LogP contribution in [0.4, 0.5) is 4.79 Å². The maximum atomic E-state index is 12.3. The van der Waals surface area contributed by atoms with Gasteiger partial charge in [-0.1, -0.05) is 0 Å². The van der Waals surface area contributed by atoms with Crippen LogP contribution in [0.25, 0.3) is 0 Å². The molecular weight excluding hydrogens is 268 g/mol. The third kappa shape index (κ3) is 5.53. The van der Waals surface area contributed by atoms with E-state index in [1.807, 2.05) is 4.90 Å². The van der Waals surface area contributed by atoms with Crippen LogP contribution in [0.2, 0.25) is 0 Å². The first-order valence-electron chi connectivity index (χ1n) is 8.17. The summed E-state index contributed by atoms with van der Waals surface area (Å²) in [6.45, 7) is 4.35. The van der Waals surface area contributed by atoms with Gasteiger partial charge in [-0.05, 0) is 57.0 Å². The fraction of sp³-hybridized carbons (Fsp3) is 0.867. The van der Waals surface area contributed by atoms with Gasteiger partial charge in [-0.2, -0.15) is 0 Å². The average molecular weight is 296 g/mol. The number of amides is 3. The van der Waals surface area contributed by atoms with E-state index in [1.165, 1.54) is 12.8 Å². The molecule has 0 bridgehead atoms. The Kier molecular flexibility index (Phi) is 6.29. The molecule has 2 fully saturated rings. The monoisotopic (exact) mass is 296 g/mol. The molecule has 6 nitrogen and oxygen atoms in total. The summed E-state index contributed by atoms with van der Waals surface area (Å²) in [5, 5.41) is 6.05. The number of carbonyl (C=O) groups is 2. The highest BCUT2D eigenvalue weighted by atomic mass is 16.2. The number of likely N-dealkylation sites (tertiary alicyclic amines) is 1. The molecule has 0 aromatic carbocycles. The number of hydrogen-bond acceptors (Lipinski definition) is 3. The molecule has 0 aromatic rings. The third-order valence-electron chi connectivity index (χ3n) is 4.60. The molecule has 3 amide bonds. The van der Waals surface area contributed by atoms with Crippen LogP contribution >= 0.6 is 0 Å². The molecule has 120 valence electrons. The Morgan fingerprint density at radius 1 is 1.24 bits per heavy atom. The Hall–Kier alpha value is -1.30. The van der Waals surface area contributed by atoms with Crippen molar-refractivity contribution >= 4 is 11.9 Å². The number of nitrogens with zero attached hydrogens (tertiary/aromatic N) is 1. The summed E-state index contributed by atoms with van der Waals surface area (Å²) in [6, 6.07) is -0.483. The second-order valence-corrected chi connectivity index (χ2v) is 6.34. The van der Waals surface area contributed by atoms with E-state index in [4.69, 9.17) is 5.73 Å². The van der Waals surface area contributed by atoms with E-state index in [0.717, 1.165) is 45.4 Å². The third-order valence-corrected chi connectivity index (χ3v) is 4.60. The maximum Gasteiger partial charge on any atom is 0.312 e. The topological polar surface area (TPSA) is 87.5 Å². The minimum atomic E-state index is -0.483. The van der Waals surface area contributed by atoms with Crippen molar-refractivity contribution in [3.05, 3.63) is 0 Å². The van der Waals surface area contributed by atoms with Crippen molar-refractivity contribution in [1.29, 1.82) is 0 Å². The zero-order chi connectivity index (χ0) is 15.1. The van der Waals surface area contributed by atoms with E-state index in [-0.39, 0.29) is 5.91 Å². The lowest BCUT2D eigenvalue weighted by Gasteiger charge is -2.33. The first-order valence-corrected chi connectivity index (χ1v) is 8.17. The fourth-order valence-electron chi connectivity index (χ4n) is 3.36. The molecule has 0 saturated carbocycles. The van der Waals surface area contributed by atoms with Crippen molar-refractivity contribution in [2.24, 2.45) is 17.6 Å². The van der Waals surface area contributed by atoms with Gasteiger partial charge in [0.1, 0.15) is 0 Å². The number of nitrogens with one attached hydrogen (secondary N) is 2. The first-order chi connectivity index (χ1) is 10.1. The van der Waals surface area contributed by atoms with Crippen molar-refractivity contribution in [3.63, 3.8) is 0 Å². The summed E-state index contributed by atoms with van der Waals surface area (Å²) in [5.74, 6) is 1.26. The second kappa shape index (κ2) is 8.22. The van der Waals surface area contributed by atoms with Crippen LogP contribution in [0.3, 0.4) is 0 Å². The number of carbonyl (C=O) groups excluding carboxylic acids is 2. The Morgan fingerprint density at radius 2 is 2.05 bits per heavy atom. The summed E-state index contributed by atoms with van der Waals surface area (Å²) in [5.41, 5.74) is 5.10. The molecular formula is C15H28N4O2. The normalized spacial score (nSPS) is 26.4. The SMILES string of the molecule is NC(=O)NCC1CCCN(C(=O)CCC2CCCNC2)C1. The van der Waals surface area contributed by atoms with E-state index in [9.17, 15) is 9.59 Å². The highest BCUT2D eigenvalue weighted by Crippen LogP contribution is 2.20. The summed E-state index contributed by atoms with van der Waals surface area (Å²) >= 11 is 0. The minimum absolute atomic E-state index is 0.268. The fourth-order valence-corrected chi connectivity index (χ4v) is 3.36. The van der Waals surface area contributed by atoms with Gasteiger partial charge in [-0.25, -0.2) is 4.79 Å². The molecule has 2 atom stereocenters. The predicted octanol–water partition coefficient (Wildman–Crippen LogP) is 0.673. The molecule has 21 heavy (non-hydrogen) atoms. The lowest BCUT2D eigenvalue weighted by atomic mass is 9.93. The van der Waals surface area contributed by atoms with Gasteiger partial charge in [-0.3, -0.25) is 4.79 Å². The largest absolute Gasteiger partial charge is 0.352 e. The molecule has 2 saturated heterocycles. The maximum absolute atomic E-state index is 12.3. The Bertz CT molecular complexity index is 356. The Labute approximate surface area is 126 Å². The van der Waals surface area contributed by atoms with Crippen LogP contribution < -0.4 is 16.4 Å². The molecule has 2 unspecified atom stereocenters. The second-order valence-electron chi connectivity index (χ2n) is 6.34. The summed E-state index contributed by atoms with van der Waals surface area (Å²) in [4.78, 5) is 25.0. The van der Waals surface area contributed by atoms with E-state index in [2.05, 4.69) is 10.6 Å². The van der Waals surface area contributed by atoms with Crippen molar-refractivity contribution in [2.75, 3.05) is 32.7 Å². The van der Waals surface area contributed by atoms with Gasteiger partial charge in [0.25, 0.3) is 0 Å². The molecule has 2 rings (SSSR count). The zero-order valence-corrected chi connectivity index (χ0v) is 12.8. The van der Waals surface area contributed by atoms with Crippen LogP contribution in [-0.4, -0.2) is 49.6 Å². The zero-order valence-electron chi connectivity index (χ0n) is 12.8. The van der Waals surface area contributed by atoms with Crippen molar-refractivity contribution < 1.29 is 9.59 Å². The lowest BCUT2D eigenvalue weighted by Crippen LogP contribution is -2.44. The lowest BCUT2D eigenvalue weighted by molar-refractivity contribution is -0.133. The molecule has 2 aliphatic rings. The van der Waals surface area contributed by atoms with Gasteiger partial charge in [0.05, 0.1) is 0 Å². The van der Waals surface area contributed by atoms with Gasteiger partial charge in [-0.15, -0.1) is 0 Å². The summed E-state index contributed by atoms with van der Waals surface area (Å²) in [6.07, 6.45) is 6.18. The summed E-state index contributed by atoms with van der Waals surface area (Å²) in [7, 11) is 0. The standard InChI is InChI=1S/C15H28N4O2/c16-15(21)18-10-13-4-2-8-19(11-13)14(20)6-5-12-3-1-7-17-9-12/h12-13,17H,1-11H2,(H3,16,18,21). The van der Waals surface area contributed by atoms with Crippen LogP contribution in [-0.2, 0) is 4.79 Å². The van der Waals surface area contributed by atoms with Crippen LogP contribution in [0, 0.1) is 11.8 Å². The van der Waals surface area contributed by atoms with Gasteiger partial charge < -0.3 is 21.3 Å². The molecule has 0 aliphatic carbocycles. The Balaban J connectivity index is 1.69. The van der Waals surface area contributed by atoms with E-state index in [1.54, 1.807) is 0 Å².